The van der Waals surface area contributed by atoms with E-state index in [-0.39, 0.29) is 21.7 Å². The Bertz CT molecular complexity index is 3110. The first-order chi connectivity index (χ1) is 29.7. The molecule has 1 nitrogen and oxygen atoms in total. The van der Waals surface area contributed by atoms with Gasteiger partial charge in [-0.05, 0) is 136 Å². The van der Waals surface area contributed by atoms with Gasteiger partial charge in [0.1, 0.15) is 0 Å². The molecular formula is C61H55N. The Kier molecular flexibility index (Phi) is 8.24. The molecule has 0 N–H and O–H groups in total. The van der Waals surface area contributed by atoms with E-state index in [0.717, 1.165) is 5.69 Å². The minimum absolute atomic E-state index is 0.00886. The van der Waals surface area contributed by atoms with Crippen LogP contribution in [-0.2, 0) is 21.7 Å². The highest BCUT2D eigenvalue weighted by Gasteiger charge is 2.41. The van der Waals surface area contributed by atoms with Gasteiger partial charge in [-0.2, -0.15) is 0 Å². The van der Waals surface area contributed by atoms with Crippen molar-refractivity contribution >= 4 is 17.1 Å². The third kappa shape index (κ3) is 5.53. The first kappa shape index (κ1) is 38.5. The first-order valence-electron chi connectivity index (χ1n) is 22.4. The Hall–Kier alpha value is -6.44. The molecule has 0 fully saturated rings. The molecule has 0 bridgehead atoms. The second-order valence-electron chi connectivity index (χ2n) is 20.6. The van der Waals surface area contributed by atoms with Gasteiger partial charge in [0.15, 0.2) is 0 Å². The first-order valence-corrected chi connectivity index (χ1v) is 22.4. The standard InChI is InChI=1S/C61H55N/c1-58(2,3)40-34-50(38-18-11-10-12-19-38)57-51(35-40)48-33-31-43(37-55(48)61(57,8)9)62(42-30-32-47-45-20-13-15-24-52(45)59(4,5)54(47)36-42)41-28-26-39(27-29-41)44-22-17-23-49-46-21-14-16-25-53(46)60(6,7)56(44)49/h10-37H,1-9H3. The lowest BCUT2D eigenvalue weighted by molar-refractivity contribution is 0.589. The van der Waals surface area contributed by atoms with Gasteiger partial charge >= 0.3 is 0 Å². The number of hydrogen-bond donors (Lipinski definition) is 0. The van der Waals surface area contributed by atoms with Crippen molar-refractivity contribution in [3.05, 3.63) is 209 Å². The van der Waals surface area contributed by atoms with Crippen LogP contribution < -0.4 is 4.90 Å². The molecule has 11 rings (SSSR count). The quantitative estimate of drug-likeness (QED) is 0.168. The number of nitrogens with zero attached hydrogens (tertiary/aromatic N) is 1. The maximum atomic E-state index is 2.50. The fraction of sp³-hybridized carbons (Fsp3) is 0.213. The van der Waals surface area contributed by atoms with E-state index < -0.39 is 0 Å². The summed E-state index contributed by atoms with van der Waals surface area (Å²) in [4.78, 5) is 2.50. The van der Waals surface area contributed by atoms with Crippen molar-refractivity contribution in [3.8, 4) is 55.6 Å². The SMILES string of the molecule is CC(C)(C)c1cc(-c2ccccc2)c2c(c1)-c1ccc(N(c3ccc(-c4cccc5c4C(C)(C)c4ccccc4-5)cc3)c3ccc4c(c3)C(C)(C)c3ccccc3-4)cc1C2(C)C. The average Bonchev–Trinajstić information content (AvgIpc) is 3.76. The molecule has 0 aliphatic heterocycles. The van der Waals surface area contributed by atoms with Crippen molar-refractivity contribution in [3.63, 3.8) is 0 Å². The van der Waals surface area contributed by atoms with Crippen molar-refractivity contribution in [2.75, 3.05) is 4.90 Å². The van der Waals surface area contributed by atoms with Gasteiger partial charge in [-0.1, -0.05) is 196 Å². The summed E-state index contributed by atoms with van der Waals surface area (Å²) in [5, 5.41) is 0. The number of rotatable bonds is 5. The van der Waals surface area contributed by atoms with E-state index in [9.17, 15) is 0 Å². The monoisotopic (exact) mass is 801 g/mol. The van der Waals surface area contributed by atoms with E-state index in [0.29, 0.717) is 0 Å². The third-order valence-electron chi connectivity index (χ3n) is 14.8. The maximum Gasteiger partial charge on any atom is 0.0465 e. The van der Waals surface area contributed by atoms with Crippen LogP contribution in [0.5, 0.6) is 0 Å². The second kappa shape index (κ2) is 13.3. The average molecular weight is 802 g/mol. The van der Waals surface area contributed by atoms with Crippen LogP contribution >= 0.6 is 0 Å². The third-order valence-corrected chi connectivity index (χ3v) is 14.8. The lowest BCUT2D eigenvalue weighted by Gasteiger charge is -2.30. The predicted octanol–water partition coefficient (Wildman–Crippen LogP) is 16.7. The van der Waals surface area contributed by atoms with Crippen molar-refractivity contribution in [2.45, 2.75) is 84.0 Å². The zero-order chi connectivity index (χ0) is 42.9. The molecule has 0 unspecified atom stereocenters. The van der Waals surface area contributed by atoms with Crippen LogP contribution in [0.3, 0.4) is 0 Å². The van der Waals surface area contributed by atoms with Crippen LogP contribution in [0.1, 0.15) is 101 Å². The summed E-state index contributed by atoms with van der Waals surface area (Å²) in [6.07, 6.45) is 0. The topological polar surface area (TPSA) is 3.24 Å². The van der Waals surface area contributed by atoms with Crippen molar-refractivity contribution in [2.24, 2.45) is 0 Å². The Labute approximate surface area is 368 Å². The lowest BCUT2D eigenvalue weighted by atomic mass is 9.76. The highest BCUT2D eigenvalue weighted by molar-refractivity contribution is 5.93. The van der Waals surface area contributed by atoms with E-state index in [1.165, 1.54) is 106 Å². The van der Waals surface area contributed by atoms with Crippen molar-refractivity contribution in [1.29, 1.82) is 0 Å². The minimum atomic E-state index is -0.225. The fourth-order valence-electron chi connectivity index (χ4n) is 11.5. The summed E-state index contributed by atoms with van der Waals surface area (Å²) >= 11 is 0. The van der Waals surface area contributed by atoms with Crippen LogP contribution in [0, 0.1) is 0 Å². The molecule has 0 heterocycles. The van der Waals surface area contributed by atoms with Crippen LogP contribution in [0.25, 0.3) is 55.6 Å². The Balaban J connectivity index is 1.08. The molecule has 0 saturated carbocycles. The fourth-order valence-corrected chi connectivity index (χ4v) is 11.5. The van der Waals surface area contributed by atoms with E-state index >= 15 is 0 Å². The molecule has 3 aliphatic carbocycles. The summed E-state index contributed by atoms with van der Waals surface area (Å²) in [5.74, 6) is 0. The molecule has 62 heavy (non-hydrogen) atoms. The zero-order valence-electron chi connectivity index (χ0n) is 37.6. The van der Waals surface area contributed by atoms with E-state index in [1.807, 2.05) is 0 Å². The number of anilines is 3. The highest BCUT2D eigenvalue weighted by atomic mass is 15.1. The lowest BCUT2D eigenvalue weighted by Crippen LogP contribution is -2.19. The van der Waals surface area contributed by atoms with E-state index in [4.69, 9.17) is 0 Å². The maximum absolute atomic E-state index is 2.50. The van der Waals surface area contributed by atoms with E-state index in [1.54, 1.807) is 0 Å². The molecule has 0 atom stereocenters. The molecule has 0 saturated heterocycles. The molecule has 0 spiro atoms. The van der Waals surface area contributed by atoms with Gasteiger partial charge in [-0.3, -0.25) is 0 Å². The molecule has 0 aromatic heterocycles. The van der Waals surface area contributed by atoms with Gasteiger partial charge in [0, 0.05) is 33.3 Å². The van der Waals surface area contributed by atoms with Gasteiger partial charge < -0.3 is 4.90 Å². The van der Waals surface area contributed by atoms with Crippen LogP contribution in [0.2, 0.25) is 0 Å². The largest absolute Gasteiger partial charge is 0.310 e. The molecule has 3 aliphatic rings. The molecule has 0 amide bonds. The van der Waals surface area contributed by atoms with Gasteiger partial charge in [0.25, 0.3) is 0 Å². The molecule has 0 radical (unpaired) electrons. The van der Waals surface area contributed by atoms with Gasteiger partial charge in [-0.25, -0.2) is 0 Å². The Morgan fingerprint density at radius 1 is 0.323 bits per heavy atom. The van der Waals surface area contributed by atoms with Gasteiger partial charge in [0.2, 0.25) is 0 Å². The summed E-state index contributed by atoms with van der Waals surface area (Å²) in [6, 6.07) is 64.5. The number of benzene rings is 8. The zero-order valence-corrected chi connectivity index (χ0v) is 37.6. The normalized spacial score (nSPS) is 15.6. The summed E-state index contributed by atoms with van der Waals surface area (Å²) in [7, 11) is 0. The minimum Gasteiger partial charge on any atom is -0.310 e. The predicted molar refractivity (Wildman–Crippen MR) is 263 cm³/mol. The summed E-state index contributed by atoms with van der Waals surface area (Å²) < 4.78 is 0. The molecule has 1 heteroatoms. The molecular weight excluding hydrogens is 747 g/mol. The second-order valence-corrected chi connectivity index (χ2v) is 20.6. The number of hydrogen-bond acceptors (Lipinski definition) is 1. The van der Waals surface area contributed by atoms with Crippen LogP contribution in [0.4, 0.5) is 17.1 Å². The Morgan fingerprint density at radius 3 is 1.40 bits per heavy atom. The van der Waals surface area contributed by atoms with Crippen molar-refractivity contribution in [1.82, 2.24) is 0 Å². The number of fused-ring (bicyclic) bond motifs is 9. The molecule has 8 aromatic rings. The van der Waals surface area contributed by atoms with E-state index in [2.05, 4.69) is 237 Å². The van der Waals surface area contributed by atoms with Crippen molar-refractivity contribution < 1.29 is 0 Å². The van der Waals surface area contributed by atoms with Crippen LogP contribution in [0.15, 0.2) is 170 Å². The van der Waals surface area contributed by atoms with Gasteiger partial charge in [0.05, 0.1) is 0 Å². The molecule has 304 valence electrons. The smallest absolute Gasteiger partial charge is 0.0465 e. The molecule has 8 aromatic carbocycles. The highest BCUT2D eigenvalue weighted by Crippen LogP contribution is 2.57. The summed E-state index contributed by atoms with van der Waals surface area (Å²) in [6.45, 7) is 21.4. The Morgan fingerprint density at radius 2 is 0.758 bits per heavy atom. The van der Waals surface area contributed by atoms with Crippen LogP contribution in [-0.4, -0.2) is 0 Å². The summed E-state index contributed by atoms with van der Waals surface area (Å²) in [5.41, 5.74) is 26.0. The van der Waals surface area contributed by atoms with Gasteiger partial charge in [-0.15, -0.1) is 0 Å².